The third kappa shape index (κ3) is 3.40. The van der Waals surface area contributed by atoms with Gasteiger partial charge in [0.05, 0.1) is 26.9 Å². The molecular weight excluding hydrogens is 326 g/mol. The fourth-order valence-corrected chi connectivity index (χ4v) is 2.71. The molecule has 132 valence electrons. The minimum absolute atomic E-state index is 0.0231. The second-order valence-electron chi connectivity index (χ2n) is 5.24. The summed E-state index contributed by atoms with van der Waals surface area (Å²) in [5, 5.41) is 0. The van der Waals surface area contributed by atoms with Gasteiger partial charge < -0.3 is 19.1 Å². The fraction of sp³-hybridized carbons (Fsp3) is 0.278. The SMILES string of the molecule is C=C(c1ccccc1)N1CC(C(=O)OC)C(C(=O)OC)=C1C(=O)OC. The molecule has 0 saturated carbocycles. The lowest BCUT2D eigenvalue weighted by atomic mass is 10.0. The zero-order chi connectivity index (χ0) is 18.6. The predicted molar refractivity (Wildman–Crippen MR) is 88.7 cm³/mol. The Morgan fingerprint density at radius 3 is 2.12 bits per heavy atom. The molecule has 25 heavy (non-hydrogen) atoms. The largest absolute Gasteiger partial charge is 0.468 e. The van der Waals surface area contributed by atoms with Crippen LogP contribution in [-0.2, 0) is 28.6 Å². The smallest absolute Gasteiger partial charge is 0.355 e. The Morgan fingerprint density at radius 1 is 1.00 bits per heavy atom. The molecule has 0 spiro atoms. The van der Waals surface area contributed by atoms with Crippen LogP contribution in [0, 0.1) is 5.92 Å². The zero-order valence-corrected chi connectivity index (χ0v) is 14.3. The number of hydrogen-bond acceptors (Lipinski definition) is 7. The van der Waals surface area contributed by atoms with Crippen LogP contribution in [0.3, 0.4) is 0 Å². The van der Waals surface area contributed by atoms with Crippen LogP contribution in [0.15, 0.2) is 48.2 Å². The number of carbonyl (C=O) groups is 3. The van der Waals surface area contributed by atoms with Crippen molar-refractivity contribution >= 4 is 23.6 Å². The van der Waals surface area contributed by atoms with Crippen molar-refractivity contribution < 1.29 is 28.6 Å². The lowest BCUT2D eigenvalue weighted by Gasteiger charge is -2.23. The van der Waals surface area contributed by atoms with E-state index in [1.165, 1.54) is 26.2 Å². The van der Waals surface area contributed by atoms with E-state index in [1.807, 2.05) is 18.2 Å². The summed E-state index contributed by atoms with van der Waals surface area (Å²) in [4.78, 5) is 38.2. The highest BCUT2D eigenvalue weighted by molar-refractivity contribution is 6.06. The van der Waals surface area contributed by atoms with E-state index in [0.29, 0.717) is 5.70 Å². The van der Waals surface area contributed by atoms with E-state index in [0.717, 1.165) is 5.56 Å². The van der Waals surface area contributed by atoms with Gasteiger partial charge in [0, 0.05) is 12.2 Å². The van der Waals surface area contributed by atoms with E-state index >= 15 is 0 Å². The first-order chi connectivity index (χ1) is 12.0. The fourth-order valence-electron chi connectivity index (χ4n) is 2.71. The molecule has 0 N–H and O–H groups in total. The average molecular weight is 345 g/mol. The van der Waals surface area contributed by atoms with Gasteiger partial charge in [0.15, 0.2) is 0 Å². The van der Waals surface area contributed by atoms with Crippen LogP contribution in [0.25, 0.3) is 5.70 Å². The lowest BCUT2D eigenvalue weighted by molar-refractivity contribution is -0.147. The van der Waals surface area contributed by atoms with E-state index < -0.39 is 23.8 Å². The Morgan fingerprint density at radius 2 is 1.60 bits per heavy atom. The van der Waals surface area contributed by atoms with Crippen LogP contribution in [0.5, 0.6) is 0 Å². The Hall–Kier alpha value is -3.09. The van der Waals surface area contributed by atoms with Gasteiger partial charge in [-0.1, -0.05) is 36.9 Å². The number of nitrogens with zero attached hydrogens (tertiary/aromatic N) is 1. The summed E-state index contributed by atoms with van der Waals surface area (Å²) in [5.41, 5.74) is 1.02. The Balaban J connectivity index is 2.58. The highest BCUT2D eigenvalue weighted by Gasteiger charge is 2.45. The molecule has 1 aliphatic heterocycles. The highest BCUT2D eigenvalue weighted by atomic mass is 16.5. The van der Waals surface area contributed by atoms with Crippen LogP contribution in [0.1, 0.15) is 5.56 Å². The van der Waals surface area contributed by atoms with Crippen LogP contribution in [0.4, 0.5) is 0 Å². The second-order valence-corrected chi connectivity index (χ2v) is 5.24. The quantitative estimate of drug-likeness (QED) is 0.589. The number of hydrogen-bond donors (Lipinski definition) is 0. The number of carbonyl (C=O) groups excluding carboxylic acids is 3. The maximum absolute atomic E-state index is 12.3. The van der Waals surface area contributed by atoms with Crippen molar-refractivity contribution in [3.8, 4) is 0 Å². The average Bonchev–Trinajstić information content (AvgIpc) is 3.06. The molecule has 2 rings (SSSR count). The van der Waals surface area contributed by atoms with Gasteiger partial charge in [-0.2, -0.15) is 0 Å². The van der Waals surface area contributed by atoms with Crippen molar-refractivity contribution in [2.24, 2.45) is 5.92 Å². The molecule has 0 fully saturated rings. The molecule has 1 heterocycles. The first-order valence-corrected chi connectivity index (χ1v) is 7.46. The molecule has 0 amide bonds. The minimum Gasteiger partial charge on any atom is -0.468 e. The van der Waals surface area contributed by atoms with Crippen LogP contribution in [-0.4, -0.2) is 50.7 Å². The van der Waals surface area contributed by atoms with Gasteiger partial charge in [0.25, 0.3) is 0 Å². The molecule has 0 bridgehead atoms. The maximum atomic E-state index is 12.3. The van der Waals surface area contributed by atoms with Gasteiger partial charge in [-0.3, -0.25) is 4.79 Å². The second kappa shape index (κ2) is 7.65. The summed E-state index contributed by atoms with van der Waals surface area (Å²) in [6, 6.07) is 9.09. The molecule has 1 aliphatic rings. The standard InChI is InChI=1S/C18H19NO6/c1-11(12-8-6-5-7-9-12)19-10-13(16(20)23-2)14(17(21)24-3)15(19)18(22)25-4/h5-9,13H,1,10H2,2-4H3. The van der Waals surface area contributed by atoms with Gasteiger partial charge in [-0.25, -0.2) is 9.59 Å². The summed E-state index contributed by atoms with van der Waals surface area (Å²) in [7, 11) is 3.58. The van der Waals surface area contributed by atoms with Crippen LogP contribution in [0.2, 0.25) is 0 Å². The van der Waals surface area contributed by atoms with Crippen LogP contribution >= 0.6 is 0 Å². The Bertz CT molecular complexity index is 737. The van der Waals surface area contributed by atoms with Gasteiger partial charge in [-0.05, 0) is 5.56 Å². The molecule has 0 aliphatic carbocycles. The van der Waals surface area contributed by atoms with Crippen molar-refractivity contribution in [2.75, 3.05) is 27.9 Å². The molecule has 0 saturated heterocycles. The molecule has 0 aromatic heterocycles. The first kappa shape index (κ1) is 18.3. The molecule has 1 atom stereocenters. The first-order valence-electron chi connectivity index (χ1n) is 7.46. The van der Waals surface area contributed by atoms with E-state index in [4.69, 9.17) is 14.2 Å². The number of rotatable bonds is 5. The van der Waals surface area contributed by atoms with Gasteiger partial charge in [0.1, 0.15) is 11.6 Å². The number of esters is 3. The van der Waals surface area contributed by atoms with E-state index in [-0.39, 0.29) is 17.8 Å². The Kier molecular flexibility index (Phi) is 5.59. The molecule has 7 heteroatoms. The summed E-state index contributed by atoms with van der Waals surface area (Å²) in [6.07, 6.45) is 0. The van der Waals surface area contributed by atoms with Crippen molar-refractivity contribution in [2.45, 2.75) is 0 Å². The van der Waals surface area contributed by atoms with Gasteiger partial charge in [-0.15, -0.1) is 0 Å². The van der Waals surface area contributed by atoms with Crippen molar-refractivity contribution in [3.63, 3.8) is 0 Å². The van der Waals surface area contributed by atoms with Crippen molar-refractivity contribution in [3.05, 3.63) is 53.7 Å². The topological polar surface area (TPSA) is 82.1 Å². The van der Waals surface area contributed by atoms with E-state index in [2.05, 4.69) is 6.58 Å². The minimum atomic E-state index is -0.980. The van der Waals surface area contributed by atoms with Crippen molar-refractivity contribution in [1.29, 1.82) is 0 Å². The molecule has 1 unspecified atom stereocenters. The number of ether oxygens (including phenoxy) is 3. The molecule has 7 nitrogen and oxygen atoms in total. The third-order valence-corrected chi connectivity index (χ3v) is 3.94. The number of methoxy groups -OCH3 is 3. The monoisotopic (exact) mass is 345 g/mol. The predicted octanol–water partition coefficient (Wildman–Crippen LogP) is 1.36. The summed E-state index contributed by atoms with van der Waals surface area (Å²) in [5.74, 6) is -3.18. The van der Waals surface area contributed by atoms with E-state index in [9.17, 15) is 14.4 Å². The Labute approximate surface area is 145 Å². The van der Waals surface area contributed by atoms with Crippen molar-refractivity contribution in [1.82, 2.24) is 4.90 Å². The molecule has 0 radical (unpaired) electrons. The highest BCUT2D eigenvalue weighted by Crippen LogP contribution is 2.36. The number of benzene rings is 1. The summed E-state index contributed by atoms with van der Waals surface area (Å²) >= 11 is 0. The molecular formula is C18H19NO6. The molecule has 1 aromatic carbocycles. The van der Waals surface area contributed by atoms with Gasteiger partial charge in [0.2, 0.25) is 0 Å². The normalized spacial score (nSPS) is 16.4. The van der Waals surface area contributed by atoms with E-state index in [1.54, 1.807) is 12.1 Å². The zero-order valence-electron chi connectivity index (χ0n) is 14.3. The van der Waals surface area contributed by atoms with Crippen LogP contribution < -0.4 is 0 Å². The third-order valence-electron chi connectivity index (χ3n) is 3.94. The molecule has 1 aromatic rings. The maximum Gasteiger partial charge on any atom is 0.355 e. The summed E-state index contributed by atoms with van der Waals surface area (Å²) < 4.78 is 14.3. The lowest BCUT2D eigenvalue weighted by Crippen LogP contribution is -2.27. The summed E-state index contributed by atoms with van der Waals surface area (Å²) in [6.45, 7) is 4.02. The van der Waals surface area contributed by atoms with Gasteiger partial charge >= 0.3 is 17.9 Å².